The first-order chi connectivity index (χ1) is 12.6. The number of aromatic nitrogens is 2. The summed E-state index contributed by atoms with van der Waals surface area (Å²) in [6.07, 6.45) is 5.74. The summed E-state index contributed by atoms with van der Waals surface area (Å²) in [5, 5.41) is 11.0. The highest BCUT2D eigenvalue weighted by molar-refractivity contribution is 7.18. The number of nitrogens with one attached hydrogen (secondary N) is 1. The molecule has 1 atom stereocenters. The number of H-pyrrole nitrogens is 1. The third-order valence-corrected chi connectivity index (χ3v) is 6.14. The minimum Gasteiger partial charge on any atom is -0.392 e. The molecule has 0 bridgehead atoms. The molecule has 1 aliphatic carbocycles. The zero-order chi connectivity index (χ0) is 18.5. The normalized spacial score (nSPS) is 15.5. The third kappa shape index (κ3) is 4.52. The van der Waals surface area contributed by atoms with E-state index in [4.69, 9.17) is 9.72 Å². The summed E-state index contributed by atoms with van der Waals surface area (Å²) < 4.78 is 5.19. The van der Waals surface area contributed by atoms with E-state index in [-0.39, 0.29) is 11.7 Å². The number of thiophene rings is 1. The summed E-state index contributed by atoms with van der Waals surface area (Å²) in [4.78, 5) is 24.7. The Morgan fingerprint density at radius 1 is 1.38 bits per heavy atom. The number of hydrogen-bond acceptors (Lipinski definition) is 6. The van der Waals surface area contributed by atoms with E-state index in [1.54, 1.807) is 18.4 Å². The molecule has 0 saturated heterocycles. The Balaban J connectivity index is 1.82. The van der Waals surface area contributed by atoms with Gasteiger partial charge >= 0.3 is 0 Å². The predicted octanol–water partition coefficient (Wildman–Crippen LogP) is 2.47. The van der Waals surface area contributed by atoms with E-state index in [1.165, 1.54) is 16.9 Å². The van der Waals surface area contributed by atoms with Crippen LogP contribution in [0.1, 0.15) is 48.9 Å². The minimum atomic E-state index is -0.374. The van der Waals surface area contributed by atoms with Crippen LogP contribution in [0.5, 0.6) is 0 Å². The minimum absolute atomic E-state index is 0.0230. The van der Waals surface area contributed by atoms with Crippen LogP contribution in [0, 0.1) is 0 Å². The molecule has 6 nitrogen and oxygen atoms in total. The predicted molar refractivity (Wildman–Crippen MR) is 105 cm³/mol. The van der Waals surface area contributed by atoms with Gasteiger partial charge in [-0.25, -0.2) is 4.98 Å². The number of aromatic amines is 1. The molecule has 0 saturated carbocycles. The van der Waals surface area contributed by atoms with Gasteiger partial charge in [0.2, 0.25) is 0 Å². The number of ether oxygens (including phenoxy) is 1. The molecule has 0 radical (unpaired) electrons. The van der Waals surface area contributed by atoms with E-state index >= 15 is 0 Å². The zero-order valence-corrected chi connectivity index (χ0v) is 16.5. The van der Waals surface area contributed by atoms with Gasteiger partial charge in [-0.3, -0.25) is 9.69 Å². The van der Waals surface area contributed by atoms with E-state index in [2.05, 4.69) is 16.8 Å². The van der Waals surface area contributed by atoms with Gasteiger partial charge in [-0.05, 0) is 37.7 Å². The van der Waals surface area contributed by atoms with Gasteiger partial charge in [-0.15, -0.1) is 11.3 Å². The van der Waals surface area contributed by atoms with Crippen molar-refractivity contribution in [1.82, 2.24) is 14.9 Å². The zero-order valence-electron chi connectivity index (χ0n) is 15.7. The number of aliphatic hydroxyl groups is 1. The Labute approximate surface area is 158 Å². The first-order valence-electron chi connectivity index (χ1n) is 9.55. The first kappa shape index (κ1) is 19.5. The van der Waals surface area contributed by atoms with Crippen molar-refractivity contribution in [2.24, 2.45) is 0 Å². The SMILES string of the molecule is CCCC(O)CN(CCOC)Cc1nc2sc3c(c2c(=O)[nH]1)CCCC3. The van der Waals surface area contributed by atoms with Crippen LogP contribution < -0.4 is 5.56 Å². The van der Waals surface area contributed by atoms with Gasteiger partial charge in [-0.1, -0.05) is 13.3 Å². The topological polar surface area (TPSA) is 78.5 Å². The fourth-order valence-electron chi connectivity index (χ4n) is 3.67. The van der Waals surface area contributed by atoms with Crippen LogP contribution in [0.15, 0.2) is 4.79 Å². The summed E-state index contributed by atoms with van der Waals surface area (Å²) in [6.45, 7) is 4.41. The maximum Gasteiger partial charge on any atom is 0.259 e. The number of aryl methyl sites for hydroxylation is 2. The van der Waals surface area contributed by atoms with Gasteiger partial charge < -0.3 is 14.8 Å². The number of nitrogens with zero attached hydrogens (tertiary/aromatic N) is 2. The second kappa shape index (κ2) is 9.08. The number of rotatable bonds is 9. The van der Waals surface area contributed by atoms with Gasteiger partial charge in [0.15, 0.2) is 0 Å². The lowest BCUT2D eigenvalue weighted by Crippen LogP contribution is -2.35. The molecule has 1 unspecified atom stereocenters. The molecule has 0 aliphatic heterocycles. The molecule has 2 heterocycles. The summed E-state index contributed by atoms with van der Waals surface area (Å²) in [5.41, 5.74) is 1.19. The second-order valence-corrected chi connectivity index (χ2v) is 8.16. The molecule has 26 heavy (non-hydrogen) atoms. The Bertz CT molecular complexity index is 786. The highest BCUT2D eigenvalue weighted by atomic mass is 32.1. The average Bonchev–Trinajstić information content (AvgIpc) is 2.98. The van der Waals surface area contributed by atoms with Crippen molar-refractivity contribution in [3.8, 4) is 0 Å². The summed E-state index contributed by atoms with van der Waals surface area (Å²) in [6, 6.07) is 0. The van der Waals surface area contributed by atoms with E-state index in [0.717, 1.165) is 42.3 Å². The maximum absolute atomic E-state index is 12.7. The number of methoxy groups -OCH3 is 1. The molecule has 3 rings (SSSR count). The van der Waals surface area contributed by atoms with E-state index < -0.39 is 0 Å². The molecular weight excluding hydrogens is 350 g/mol. The van der Waals surface area contributed by atoms with Crippen LogP contribution in [0.4, 0.5) is 0 Å². The second-order valence-electron chi connectivity index (χ2n) is 7.07. The monoisotopic (exact) mass is 379 g/mol. The van der Waals surface area contributed by atoms with Crippen molar-refractivity contribution in [1.29, 1.82) is 0 Å². The number of hydrogen-bond donors (Lipinski definition) is 2. The highest BCUT2D eigenvalue weighted by Gasteiger charge is 2.20. The van der Waals surface area contributed by atoms with Crippen LogP contribution in [0.25, 0.3) is 10.2 Å². The Hall–Kier alpha value is -1.28. The quantitative estimate of drug-likeness (QED) is 0.700. The van der Waals surface area contributed by atoms with E-state index in [1.807, 2.05) is 0 Å². The van der Waals surface area contributed by atoms with E-state index in [9.17, 15) is 9.90 Å². The molecule has 2 N–H and O–H groups in total. The summed E-state index contributed by atoms with van der Waals surface area (Å²) in [7, 11) is 1.67. The molecule has 144 valence electrons. The molecule has 0 fully saturated rings. The van der Waals surface area contributed by atoms with Crippen LogP contribution in [-0.2, 0) is 24.1 Å². The maximum atomic E-state index is 12.7. The molecule has 1 aliphatic rings. The highest BCUT2D eigenvalue weighted by Crippen LogP contribution is 2.33. The van der Waals surface area contributed by atoms with Crippen LogP contribution >= 0.6 is 11.3 Å². The number of aliphatic hydroxyl groups excluding tert-OH is 1. The number of fused-ring (bicyclic) bond motifs is 3. The van der Waals surface area contributed by atoms with Crippen LogP contribution in [0.3, 0.4) is 0 Å². The van der Waals surface area contributed by atoms with Crippen molar-refractivity contribution in [2.75, 3.05) is 26.8 Å². The molecular formula is C19H29N3O3S. The fourth-order valence-corrected chi connectivity index (χ4v) is 4.95. The molecule has 0 spiro atoms. The molecule has 0 aromatic carbocycles. The Morgan fingerprint density at radius 3 is 2.96 bits per heavy atom. The average molecular weight is 380 g/mol. The van der Waals surface area contributed by atoms with Crippen LogP contribution in [-0.4, -0.2) is 52.9 Å². The lowest BCUT2D eigenvalue weighted by molar-refractivity contribution is 0.0787. The summed E-state index contributed by atoms with van der Waals surface area (Å²) in [5.74, 6) is 0.667. The van der Waals surface area contributed by atoms with Crippen molar-refractivity contribution < 1.29 is 9.84 Å². The van der Waals surface area contributed by atoms with Crippen LogP contribution in [0.2, 0.25) is 0 Å². The van der Waals surface area contributed by atoms with Crippen molar-refractivity contribution >= 4 is 21.6 Å². The van der Waals surface area contributed by atoms with Crippen molar-refractivity contribution in [3.05, 3.63) is 26.6 Å². The molecule has 2 aromatic heterocycles. The molecule has 0 amide bonds. The van der Waals surface area contributed by atoms with Gasteiger partial charge in [-0.2, -0.15) is 0 Å². The van der Waals surface area contributed by atoms with Crippen molar-refractivity contribution in [2.45, 2.75) is 58.1 Å². The Morgan fingerprint density at radius 2 is 2.19 bits per heavy atom. The van der Waals surface area contributed by atoms with Crippen molar-refractivity contribution in [3.63, 3.8) is 0 Å². The van der Waals surface area contributed by atoms with E-state index in [0.29, 0.717) is 32.1 Å². The molecule has 7 heteroatoms. The fraction of sp³-hybridized carbons (Fsp3) is 0.684. The summed E-state index contributed by atoms with van der Waals surface area (Å²) >= 11 is 1.67. The van der Waals surface area contributed by atoms with Gasteiger partial charge in [0.05, 0.1) is 24.6 Å². The molecule has 2 aromatic rings. The lowest BCUT2D eigenvalue weighted by atomic mass is 9.97. The third-order valence-electron chi connectivity index (χ3n) is 4.95. The first-order valence-corrected chi connectivity index (χ1v) is 10.4. The van der Waals surface area contributed by atoms with Gasteiger partial charge in [0, 0.05) is 25.1 Å². The van der Waals surface area contributed by atoms with Gasteiger partial charge in [0.25, 0.3) is 5.56 Å². The standard InChI is InChI=1S/C19H29N3O3S/c1-3-6-13(23)11-22(9-10-25-2)12-16-20-18(24)17-14-7-4-5-8-15(14)26-19(17)21-16/h13,23H,3-12H2,1-2H3,(H,20,21,24). The smallest absolute Gasteiger partial charge is 0.259 e. The Kier molecular flexibility index (Phi) is 6.80. The van der Waals surface area contributed by atoms with Gasteiger partial charge in [0.1, 0.15) is 10.7 Å². The largest absolute Gasteiger partial charge is 0.392 e. The lowest BCUT2D eigenvalue weighted by Gasteiger charge is -2.24.